The molecule has 31 heavy (non-hydrogen) atoms. The number of anilines is 2. The zero-order valence-electron chi connectivity index (χ0n) is 17.2. The monoisotopic (exact) mass is 436 g/mol. The molecule has 1 amide bonds. The number of carbonyl (C=O) groups is 1. The van der Waals surface area contributed by atoms with E-state index < -0.39 is 0 Å². The van der Waals surface area contributed by atoms with Crippen molar-refractivity contribution < 1.29 is 4.79 Å². The molecule has 1 aliphatic heterocycles. The van der Waals surface area contributed by atoms with Crippen LogP contribution in [-0.4, -0.2) is 28.8 Å². The third kappa shape index (κ3) is 5.73. The molecule has 0 spiro atoms. The van der Waals surface area contributed by atoms with Gasteiger partial charge in [0.1, 0.15) is 12.4 Å². The van der Waals surface area contributed by atoms with Gasteiger partial charge in [0.25, 0.3) is 5.56 Å². The molecule has 0 unspecified atom stereocenters. The van der Waals surface area contributed by atoms with Crippen molar-refractivity contribution >= 4 is 29.0 Å². The van der Waals surface area contributed by atoms with E-state index in [4.69, 9.17) is 11.6 Å². The summed E-state index contributed by atoms with van der Waals surface area (Å²) in [6, 6.07) is 20.6. The van der Waals surface area contributed by atoms with E-state index in [2.05, 4.69) is 39.6 Å². The van der Waals surface area contributed by atoms with E-state index in [-0.39, 0.29) is 18.0 Å². The molecule has 2 heterocycles. The summed E-state index contributed by atoms with van der Waals surface area (Å²) in [4.78, 5) is 26.8. The molecule has 3 aromatic rings. The SMILES string of the molecule is O=C(Cn1nc(N2CCC(Cc3ccccc3)CC2)ccc1=O)Nc1ccc(Cl)cc1. The van der Waals surface area contributed by atoms with Crippen LogP contribution in [0.1, 0.15) is 18.4 Å². The molecule has 7 heteroatoms. The van der Waals surface area contributed by atoms with Crippen molar-refractivity contribution in [1.82, 2.24) is 9.78 Å². The fourth-order valence-electron chi connectivity index (χ4n) is 3.90. The molecule has 1 aliphatic rings. The zero-order valence-corrected chi connectivity index (χ0v) is 18.0. The zero-order chi connectivity index (χ0) is 21.6. The Morgan fingerprint density at radius 1 is 1.00 bits per heavy atom. The maximum atomic E-state index is 12.4. The van der Waals surface area contributed by atoms with E-state index in [9.17, 15) is 9.59 Å². The molecule has 4 rings (SSSR count). The Labute approximate surface area is 186 Å². The van der Waals surface area contributed by atoms with Gasteiger partial charge in [-0.3, -0.25) is 9.59 Å². The molecule has 0 aliphatic carbocycles. The van der Waals surface area contributed by atoms with Gasteiger partial charge in [0, 0.05) is 29.9 Å². The number of rotatable bonds is 6. The van der Waals surface area contributed by atoms with Crippen LogP contribution in [0.25, 0.3) is 0 Å². The lowest BCUT2D eigenvalue weighted by Gasteiger charge is -2.33. The van der Waals surface area contributed by atoms with Gasteiger partial charge in [-0.25, -0.2) is 4.68 Å². The maximum Gasteiger partial charge on any atom is 0.267 e. The topological polar surface area (TPSA) is 67.2 Å². The number of piperidine rings is 1. The van der Waals surface area contributed by atoms with Gasteiger partial charge in [0.15, 0.2) is 0 Å². The first-order valence-corrected chi connectivity index (χ1v) is 10.9. The van der Waals surface area contributed by atoms with Crippen molar-refractivity contribution in [2.24, 2.45) is 5.92 Å². The Morgan fingerprint density at radius 3 is 2.42 bits per heavy atom. The molecular weight excluding hydrogens is 412 g/mol. The number of benzene rings is 2. The molecule has 1 N–H and O–H groups in total. The Balaban J connectivity index is 1.36. The molecule has 0 saturated carbocycles. The molecule has 0 atom stereocenters. The number of hydrogen-bond donors (Lipinski definition) is 1. The largest absolute Gasteiger partial charge is 0.355 e. The van der Waals surface area contributed by atoms with Crippen molar-refractivity contribution in [1.29, 1.82) is 0 Å². The van der Waals surface area contributed by atoms with Crippen LogP contribution in [-0.2, 0) is 17.8 Å². The van der Waals surface area contributed by atoms with E-state index in [1.54, 1.807) is 30.3 Å². The highest BCUT2D eigenvalue weighted by molar-refractivity contribution is 6.30. The first kappa shape index (κ1) is 21.1. The molecule has 1 fully saturated rings. The van der Waals surface area contributed by atoms with Gasteiger partial charge < -0.3 is 10.2 Å². The van der Waals surface area contributed by atoms with Crippen LogP contribution in [0.3, 0.4) is 0 Å². The number of halogens is 1. The molecule has 6 nitrogen and oxygen atoms in total. The van der Waals surface area contributed by atoms with Crippen molar-refractivity contribution in [3.8, 4) is 0 Å². The first-order chi connectivity index (χ1) is 15.1. The van der Waals surface area contributed by atoms with Crippen LogP contribution >= 0.6 is 11.6 Å². The summed E-state index contributed by atoms with van der Waals surface area (Å²) in [5.74, 6) is 1.07. The fraction of sp³-hybridized carbons (Fsp3) is 0.292. The van der Waals surface area contributed by atoms with Gasteiger partial charge in [0.2, 0.25) is 5.91 Å². The number of nitrogens with one attached hydrogen (secondary N) is 1. The fourth-order valence-corrected chi connectivity index (χ4v) is 4.03. The lowest BCUT2D eigenvalue weighted by Crippen LogP contribution is -2.37. The number of aromatic nitrogens is 2. The molecule has 160 valence electrons. The minimum absolute atomic E-state index is 0.139. The molecule has 0 bridgehead atoms. The maximum absolute atomic E-state index is 12.4. The standard InChI is InChI=1S/C24H25ClN4O2/c25-20-6-8-21(9-7-20)26-23(30)17-29-24(31)11-10-22(27-29)28-14-12-19(13-15-28)16-18-4-2-1-3-5-18/h1-11,19H,12-17H2,(H,26,30). The molecule has 1 saturated heterocycles. The number of nitrogens with zero attached hydrogens (tertiary/aromatic N) is 3. The van der Waals surface area contributed by atoms with Crippen LogP contribution < -0.4 is 15.8 Å². The van der Waals surface area contributed by atoms with Crippen molar-refractivity contribution in [3.63, 3.8) is 0 Å². The molecular formula is C24H25ClN4O2. The smallest absolute Gasteiger partial charge is 0.267 e. The van der Waals surface area contributed by atoms with Gasteiger partial charge in [-0.15, -0.1) is 0 Å². The van der Waals surface area contributed by atoms with Crippen molar-refractivity contribution in [2.45, 2.75) is 25.8 Å². The van der Waals surface area contributed by atoms with E-state index in [0.717, 1.165) is 38.2 Å². The molecule has 2 aromatic carbocycles. The van der Waals surface area contributed by atoms with Gasteiger partial charge in [-0.1, -0.05) is 41.9 Å². The summed E-state index contributed by atoms with van der Waals surface area (Å²) in [5.41, 5.74) is 1.70. The third-order valence-corrected chi connectivity index (χ3v) is 5.83. The van der Waals surface area contributed by atoms with E-state index in [1.807, 2.05) is 6.07 Å². The minimum atomic E-state index is -0.310. The highest BCUT2D eigenvalue weighted by Crippen LogP contribution is 2.24. The summed E-state index contributed by atoms with van der Waals surface area (Å²) < 4.78 is 1.22. The van der Waals surface area contributed by atoms with Gasteiger partial charge in [-0.05, 0) is 61.1 Å². The van der Waals surface area contributed by atoms with Crippen LogP contribution in [0.5, 0.6) is 0 Å². The average Bonchev–Trinajstić information content (AvgIpc) is 2.78. The highest BCUT2D eigenvalue weighted by Gasteiger charge is 2.21. The van der Waals surface area contributed by atoms with Crippen LogP contribution in [0.15, 0.2) is 71.5 Å². The van der Waals surface area contributed by atoms with Crippen LogP contribution in [0.4, 0.5) is 11.5 Å². The van der Waals surface area contributed by atoms with Crippen molar-refractivity contribution in [3.05, 3.63) is 87.7 Å². The Hall–Kier alpha value is -3.12. The lowest BCUT2D eigenvalue weighted by atomic mass is 9.90. The summed E-state index contributed by atoms with van der Waals surface area (Å²) >= 11 is 5.87. The second-order valence-corrected chi connectivity index (χ2v) is 8.30. The van der Waals surface area contributed by atoms with Crippen molar-refractivity contribution in [2.75, 3.05) is 23.3 Å². The quantitative estimate of drug-likeness (QED) is 0.634. The minimum Gasteiger partial charge on any atom is -0.355 e. The molecule has 0 radical (unpaired) electrons. The Kier molecular flexibility index (Phi) is 6.67. The van der Waals surface area contributed by atoms with Gasteiger partial charge >= 0.3 is 0 Å². The first-order valence-electron chi connectivity index (χ1n) is 10.5. The normalized spacial score (nSPS) is 14.4. The average molecular weight is 437 g/mol. The summed E-state index contributed by atoms with van der Waals surface area (Å²) in [6.07, 6.45) is 3.24. The third-order valence-electron chi connectivity index (χ3n) is 5.58. The summed E-state index contributed by atoms with van der Waals surface area (Å²) in [7, 11) is 0. The van der Waals surface area contributed by atoms with Gasteiger partial charge in [0.05, 0.1) is 0 Å². The number of amides is 1. The van der Waals surface area contributed by atoms with E-state index >= 15 is 0 Å². The number of carbonyl (C=O) groups excluding carboxylic acids is 1. The second kappa shape index (κ2) is 9.79. The number of hydrogen-bond acceptors (Lipinski definition) is 4. The highest BCUT2D eigenvalue weighted by atomic mass is 35.5. The Morgan fingerprint density at radius 2 is 1.71 bits per heavy atom. The summed E-state index contributed by atoms with van der Waals surface area (Å²) in [6.45, 7) is 1.64. The predicted octanol–water partition coefficient (Wildman–Crippen LogP) is 3.99. The predicted molar refractivity (Wildman–Crippen MR) is 124 cm³/mol. The Bertz CT molecular complexity index is 1070. The lowest BCUT2D eigenvalue weighted by molar-refractivity contribution is -0.117. The van der Waals surface area contributed by atoms with Crippen LogP contribution in [0, 0.1) is 5.92 Å². The summed E-state index contributed by atoms with van der Waals surface area (Å²) in [5, 5.41) is 7.80. The second-order valence-electron chi connectivity index (χ2n) is 7.86. The van der Waals surface area contributed by atoms with Crippen LogP contribution in [0.2, 0.25) is 5.02 Å². The van der Waals surface area contributed by atoms with E-state index in [0.29, 0.717) is 16.6 Å². The molecule has 1 aromatic heterocycles. The van der Waals surface area contributed by atoms with Gasteiger partial charge in [-0.2, -0.15) is 5.10 Å². The van der Waals surface area contributed by atoms with E-state index in [1.165, 1.54) is 16.3 Å².